The number of rotatable bonds is 28. The standard InChI is InChI=1S/C34H29F6N3O3.C32H26F5N3O3.C30H22ClF3N4O2/c1-18(44)26-13-20(6-7-27(26)37)25-5-4-8-41-31(25)21(9-19-10-22(35)14-23(36)11-19)12-24(45)17-43-28-15-33(2,3)16-29(46)30(28)32(42-43)34(38,39)40;1-17(41)26-14-19(7-8-27(26)35)24-5-3-9-38-29(24)20(10-18-11-21(33)15-22(34)12-18)13-23(42)16-40-31-25(4-2-6-28(31)43)30(39-40)32(36)37;1-17(39)25-13-19(4-5-26(25)34)24-3-2-7-35-28(24)20(9-18-10-21(32)14-22(33)11-18)12-23(40)15-38-16-37-29-27(38)6-8-36-30(29)31/h4-8,10-11,13-14,21H,9,12,15-17H2,1-3H3;3,5,7-9,11-12,14-15,20,32H,2,4,6,10,13,16H2,1H3;2-8,10-11,13-14,16,20H,9,12,15H2,1H3/t21-;2*20-/m111/s1. The van der Waals surface area contributed by atoms with E-state index in [2.05, 4.69) is 35.1 Å². The van der Waals surface area contributed by atoms with E-state index in [0.717, 1.165) is 57.9 Å². The van der Waals surface area contributed by atoms with Gasteiger partial charge in [0, 0.05) is 115 Å². The van der Waals surface area contributed by atoms with E-state index in [1.165, 1.54) is 100 Å². The third-order valence-electron chi connectivity index (χ3n) is 22.0. The van der Waals surface area contributed by atoms with E-state index in [0.29, 0.717) is 73.9 Å². The van der Waals surface area contributed by atoms with Gasteiger partial charge in [-0.25, -0.2) is 58.3 Å². The molecule has 15 rings (SSSR count). The van der Waals surface area contributed by atoms with Crippen LogP contribution in [0.15, 0.2) is 183 Å². The summed E-state index contributed by atoms with van der Waals surface area (Å²) in [5.74, 6) is -12.9. The predicted octanol–water partition coefficient (Wildman–Crippen LogP) is 21.5. The number of benzene rings is 6. The van der Waals surface area contributed by atoms with Gasteiger partial charge in [0.2, 0.25) is 0 Å². The van der Waals surface area contributed by atoms with Crippen molar-refractivity contribution in [2.24, 2.45) is 5.41 Å². The monoisotopic (exact) mass is 1800 g/mol. The molecule has 7 heterocycles. The Labute approximate surface area is 732 Å². The first-order chi connectivity index (χ1) is 61.2. The average molecular weight is 1800 g/mol. The highest BCUT2D eigenvalue weighted by molar-refractivity contribution is 6.33. The lowest BCUT2D eigenvalue weighted by atomic mass is 9.75. The Bertz CT molecular complexity index is 6520. The van der Waals surface area contributed by atoms with E-state index < -0.39 is 153 Å². The molecule has 0 radical (unpaired) electrons. The number of pyridine rings is 4. The lowest BCUT2D eigenvalue weighted by Crippen LogP contribution is -2.29. The summed E-state index contributed by atoms with van der Waals surface area (Å²) in [6.45, 7) is 6.09. The van der Waals surface area contributed by atoms with Crippen molar-refractivity contribution in [3.05, 3.63) is 325 Å². The van der Waals surface area contributed by atoms with Crippen LogP contribution in [-0.2, 0) is 72.3 Å². The molecule has 18 nitrogen and oxygen atoms in total. The zero-order valence-electron chi connectivity index (χ0n) is 69.4. The number of nitrogens with zero attached hydrogens (tertiary/aromatic N) is 10. The van der Waals surface area contributed by atoms with E-state index >= 15 is 0 Å². The van der Waals surface area contributed by atoms with Gasteiger partial charge in [-0.15, -0.1) is 0 Å². The van der Waals surface area contributed by atoms with E-state index in [4.69, 9.17) is 11.6 Å². The maximum atomic E-state index is 14.4. The molecule has 664 valence electrons. The van der Waals surface area contributed by atoms with Gasteiger partial charge < -0.3 is 4.57 Å². The Hall–Kier alpha value is -13.5. The SMILES string of the molecule is CC(=O)c1cc(-c2cccnc2[C@@H](CC(=O)Cn2cnc3c(Cl)nccc32)Cc2cc(F)cc(F)c2)ccc1F.CC(=O)c1cc(-c2cccnc2[C@@H](CC(=O)Cn2nc(C(F)(F)F)c3c2CC(C)(C)CC3=O)Cc2cc(F)cc(F)c2)ccc1F.CC(=O)c1cc(-c2cccnc2[C@@H](CC(=O)Cn2nc(C(F)F)c3c2C(=O)CCC3)Cc2cc(F)cc(F)c2)ccc1F. The van der Waals surface area contributed by atoms with Crippen molar-refractivity contribution in [3.63, 3.8) is 0 Å². The Morgan fingerprint density at radius 3 is 1.26 bits per heavy atom. The fourth-order valence-corrected chi connectivity index (χ4v) is 16.8. The molecule has 3 atom stereocenters. The number of carbonyl (C=O) groups excluding carboxylic acids is 8. The number of alkyl halides is 5. The minimum absolute atomic E-state index is 0.000232. The number of ketones is 8. The maximum absolute atomic E-state index is 14.4. The van der Waals surface area contributed by atoms with Gasteiger partial charge in [-0.1, -0.05) is 61.8 Å². The second kappa shape index (κ2) is 39.4. The number of fused-ring (bicyclic) bond motifs is 3. The molecule has 0 saturated carbocycles. The van der Waals surface area contributed by atoms with Gasteiger partial charge in [0.25, 0.3) is 6.43 Å². The third-order valence-corrected chi connectivity index (χ3v) is 22.3. The number of hydrogen-bond donors (Lipinski definition) is 0. The summed E-state index contributed by atoms with van der Waals surface area (Å²) in [5, 5.41) is 7.80. The predicted molar refractivity (Wildman–Crippen MR) is 447 cm³/mol. The van der Waals surface area contributed by atoms with E-state index in [1.54, 1.807) is 67.1 Å². The van der Waals surface area contributed by atoms with E-state index in [9.17, 15) is 99.8 Å². The number of halogens is 15. The molecule has 0 bridgehead atoms. The first-order valence-corrected chi connectivity index (χ1v) is 40.8. The van der Waals surface area contributed by atoms with Crippen LogP contribution in [-0.4, -0.2) is 95.3 Å². The van der Waals surface area contributed by atoms with Gasteiger partial charge >= 0.3 is 6.18 Å². The van der Waals surface area contributed by atoms with Crippen LogP contribution in [0.2, 0.25) is 5.15 Å². The highest BCUT2D eigenvalue weighted by Gasteiger charge is 2.46. The first-order valence-electron chi connectivity index (χ1n) is 40.5. The minimum Gasteiger partial charge on any atom is -0.323 e. The van der Waals surface area contributed by atoms with Crippen molar-refractivity contribution < 1.29 is 99.8 Å². The molecule has 6 aromatic carbocycles. The molecule has 7 aromatic heterocycles. The van der Waals surface area contributed by atoms with E-state index in [-0.39, 0.29) is 138 Å². The first kappa shape index (κ1) is 93.1. The molecule has 2 aliphatic carbocycles. The van der Waals surface area contributed by atoms with Crippen molar-refractivity contribution in [2.75, 3.05) is 0 Å². The Morgan fingerprint density at radius 1 is 0.457 bits per heavy atom. The van der Waals surface area contributed by atoms with Crippen LogP contribution in [0.1, 0.15) is 206 Å². The zero-order valence-corrected chi connectivity index (χ0v) is 70.2. The van der Waals surface area contributed by atoms with Crippen LogP contribution in [0, 0.1) is 57.8 Å². The molecule has 13 aromatic rings. The summed E-state index contributed by atoms with van der Waals surface area (Å²) in [4.78, 5) is 124. The molecule has 0 fully saturated rings. The summed E-state index contributed by atoms with van der Waals surface area (Å²) >= 11 is 6.12. The van der Waals surface area contributed by atoms with Crippen LogP contribution in [0.4, 0.5) is 61.5 Å². The average Bonchev–Trinajstić information content (AvgIpc) is 1.60. The van der Waals surface area contributed by atoms with Gasteiger partial charge in [0.05, 0.1) is 70.0 Å². The lowest BCUT2D eigenvalue weighted by molar-refractivity contribution is -0.142. The highest BCUT2D eigenvalue weighted by atomic mass is 35.5. The van der Waals surface area contributed by atoms with Crippen molar-refractivity contribution >= 4 is 68.9 Å². The third kappa shape index (κ3) is 22.2. The van der Waals surface area contributed by atoms with Gasteiger partial charge in [0.1, 0.15) is 75.8 Å². The van der Waals surface area contributed by atoms with Crippen LogP contribution in [0.5, 0.6) is 0 Å². The van der Waals surface area contributed by atoms with Gasteiger partial charge in [0.15, 0.2) is 57.1 Å². The van der Waals surface area contributed by atoms with Gasteiger partial charge in [-0.3, -0.25) is 62.7 Å². The summed E-state index contributed by atoms with van der Waals surface area (Å²) in [6.07, 6.45) is -0.214. The lowest BCUT2D eigenvalue weighted by Gasteiger charge is -2.29. The topological polar surface area (TPSA) is 242 Å². The normalized spacial score (nSPS) is 13.7. The Balaban J connectivity index is 0.000000166. The van der Waals surface area contributed by atoms with Gasteiger partial charge in [-0.05, 0) is 195 Å². The second-order valence-electron chi connectivity index (χ2n) is 32.4. The largest absolute Gasteiger partial charge is 0.435 e. The summed E-state index contributed by atoms with van der Waals surface area (Å²) in [7, 11) is 0. The highest BCUT2D eigenvalue weighted by Crippen LogP contribution is 2.44. The second-order valence-corrected chi connectivity index (χ2v) is 32.7. The van der Waals surface area contributed by atoms with Crippen LogP contribution in [0.3, 0.4) is 0 Å². The molecule has 33 heteroatoms. The van der Waals surface area contributed by atoms with E-state index in [1.807, 2.05) is 0 Å². The molecule has 0 spiro atoms. The fourth-order valence-electron chi connectivity index (χ4n) is 16.6. The number of carbonyl (C=O) groups is 8. The molecule has 0 aliphatic heterocycles. The zero-order chi connectivity index (χ0) is 92.8. The summed E-state index contributed by atoms with van der Waals surface area (Å²) in [5.41, 5.74) is 2.53. The van der Waals surface area contributed by atoms with Gasteiger partial charge in [-0.2, -0.15) is 23.4 Å². The number of aromatic nitrogens is 10. The number of hydrogen-bond acceptors (Lipinski definition) is 15. The van der Waals surface area contributed by atoms with Crippen LogP contribution >= 0.6 is 11.6 Å². The molecular formula is C96H77ClF14N10O8. The Kier molecular flexibility index (Phi) is 28.4. The minimum atomic E-state index is -4.92. The molecule has 2 aliphatic rings. The maximum Gasteiger partial charge on any atom is 0.435 e. The fraction of sp³-hybridized carbons (Fsp3) is 0.260. The molecule has 0 N–H and O–H groups in total. The van der Waals surface area contributed by atoms with Crippen LogP contribution in [0.25, 0.3) is 44.4 Å². The molecule has 0 saturated heterocycles. The summed E-state index contributed by atoms with van der Waals surface area (Å²) in [6, 6.07) is 32.7. The smallest absolute Gasteiger partial charge is 0.323 e. The van der Waals surface area contributed by atoms with Crippen molar-refractivity contribution in [1.29, 1.82) is 0 Å². The molecule has 0 unspecified atom stereocenters. The summed E-state index contributed by atoms with van der Waals surface area (Å²) < 4.78 is 200. The van der Waals surface area contributed by atoms with Crippen molar-refractivity contribution in [2.45, 2.75) is 155 Å². The van der Waals surface area contributed by atoms with Crippen molar-refractivity contribution in [1.82, 2.24) is 49.0 Å². The molecular weight excluding hydrogens is 1720 g/mol. The number of imidazole rings is 1. The van der Waals surface area contributed by atoms with Crippen molar-refractivity contribution in [3.8, 4) is 33.4 Å². The van der Waals surface area contributed by atoms with Crippen LogP contribution < -0.4 is 0 Å². The Morgan fingerprint density at radius 2 is 0.860 bits per heavy atom. The molecule has 0 amide bonds. The molecule has 129 heavy (non-hydrogen) atoms. The quantitative estimate of drug-likeness (QED) is 0.0251. The number of Topliss-reactive ketones (excluding diaryl/α,β-unsaturated/α-hetero) is 8.